The molecule has 7 heteroatoms. The number of aryl methyl sites for hydroxylation is 3. The molecule has 0 saturated carbocycles. The van der Waals surface area contributed by atoms with E-state index in [-0.39, 0.29) is 11.5 Å². The molecule has 3 rings (SSSR count). The number of hydrogen-bond acceptors (Lipinski definition) is 4. The Morgan fingerprint density at radius 3 is 2.54 bits per heavy atom. The number of nitrogens with zero attached hydrogens (tertiary/aromatic N) is 4. The Kier molecular flexibility index (Phi) is 3.99. The van der Waals surface area contributed by atoms with Gasteiger partial charge < -0.3 is 9.88 Å². The van der Waals surface area contributed by atoms with Crippen molar-refractivity contribution in [3.05, 3.63) is 70.0 Å². The first-order chi connectivity index (χ1) is 11.4. The van der Waals surface area contributed by atoms with Crippen LogP contribution in [0.25, 0.3) is 5.82 Å². The van der Waals surface area contributed by atoms with Crippen LogP contribution in [0, 0.1) is 13.8 Å². The number of amides is 1. The molecule has 0 atom stereocenters. The fourth-order valence-electron chi connectivity index (χ4n) is 2.34. The summed E-state index contributed by atoms with van der Waals surface area (Å²) < 4.78 is 3.14. The molecule has 0 spiro atoms. The van der Waals surface area contributed by atoms with Crippen LogP contribution in [0.4, 0.5) is 5.69 Å². The number of nitrogens with one attached hydrogen (secondary N) is 1. The average molecular weight is 323 g/mol. The lowest BCUT2D eigenvalue weighted by Gasteiger charge is -2.07. The van der Waals surface area contributed by atoms with E-state index in [1.54, 1.807) is 42.3 Å². The molecule has 1 N–H and O–H groups in total. The van der Waals surface area contributed by atoms with Crippen molar-refractivity contribution in [2.45, 2.75) is 13.8 Å². The zero-order valence-corrected chi connectivity index (χ0v) is 13.6. The lowest BCUT2D eigenvalue weighted by atomic mass is 10.2. The smallest absolute Gasteiger partial charge is 0.255 e. The molecule has 0 radical (unpaired) electrons. The Morgan fingerprint density at radius 1 is 1.17 bits per heavy atom. The first-order valence-corrected chi connectivity index (χ1v) is 7.42. The van der Waals surface area contributed by atoms with E-state index < -0.39 is 0 Å². The molecule has 3 aromatic rings. The van der Waals surface area contributed by atoms with Gasteiger partial charge >= 0.3 is 0 Å². The molecule has 24 heavy (non-hydrogen) atoms. The molecule has 0 fully saturated rings. The molecule has 0 saturated heterocycles. The summed E-state index contributed by atoms with van der Waals surface area (Å²) >= 11 is 0. The van der Waals surface area contributed by atoms with Gasteiger partial charge in [-0.2, -0.15) is 5.10 Å². The lowest BCUT2D eigenvalue weighted by Crippen LogP contribution is -2.20. The fraction of sp³-hybridized carbons (Fsp3) is 0.176. The minimum absolute atomic E-state index is 0.236. The average Bonchev–Trinajstić information content (AvgIpc) is 2.89. The molecule has 7 nitrogen and oxygen atoms in total. The zero-order valence-electron chi connectivity index (χ0n) is 13.6. The zero-order chi connectivity index (χ0) is 17.3. The second-order valence-corrected chi connectivity index (χ2v) is 5.56. The van der Waals surface area contributed by atoms with Gasteiger partial charge in [0.1, 0.15) is 0 Å². The van der Waals surface area contributed by atoms with Gasteiger partial charge in [0.2, 0.25) is 0 Å². The summed E-state index contributed by atoms with van der Waals surface area (Å²) in [4.78, 5) is 28.1. The van der Waals surface area contributed by atoms with E-state index in [1.807, 2.05) is 19.9 Å². The van der Waals surface area contributed by atoms with E-state index in [2.05, 4.69) is 15.4 Å². The molecular formula is C17H17N5O2. The van der Waals surface area contributed by atoms with Crippen molar-refractivity contribution in [2.24, 2.45) is 7.05 Å². The highest BCUT2D eigenvalue weighted by molar-refractivity contribution is 6.04. The van der Waals surface area contributed by atoms with Gasteiger partial charge in [0.05, 0.1) is 17.6 Å². The maximum atomic E-state index is 12.2. The van der Waals surface area contributed by atoms with Crippen LogP contribution in [0.3, 0.4) is 0 Å². The number of carbonyl (C=O) groups excluding carboxylic acids is 1. The second kappa shape index (κ2) is 6.11. The molecule has 0 bridgehead atoms. The van der Waals surface area contributed by atoms with E-state index >= 15 is 0 Å². The summed E-state index contributed by atoms with van der Waals surface area (Å²) in [5.74, 6) is 0.320. The Labute approximate surface area is 138 Å². The molecule has 0 aliphatic rings. The van der Waals surface area contributed by atoms with E-state index in [0.717, 1.165) is 11.4 Å². The van der Waals surface area contributed by atoms with Crippen molar-refractivity contribution in [3.8, 4) is 5.82 Å². The van der Waals surface area contributed by atoms with Crippen LogP contribution in [0.1, 0.15) is 21.7 Å². The number of aromatic nitrogens is 4. The summed E-state index contributed by atoms with van der Waals surface area (Å²) in [6.45, 7) is 3.87. The minimum Gasteiger partial charge on any atom is -0.321 e. The van der Waals surface area contributed by atoms with Crippen LogP contribution < -0.4 is 10.9 Å². The van der Waals surface area contributed by atoms with Crippen LogP contribution in [0.2, 0.25) is 0 Å². The first-order valence-electron chi connectivity index (χ1n) is 7.42. The van der Waals surface area contributed by atoms with E-state index in [9.17, 15) is 9.59 Å². The SMILES string of the molecule is Cc1cc(C)n(-c2ccc(NC(=O)c3ccn(C)c(=O)c3)cn2)n1. The molecule has 0 aromatic carbocycles. The van der Waals surface area contributed by atoms with Gasteiger partial charge in [-0.25, -0.2) is 9.67 Å². The Bertz CT molecular complexity index is 954. The summed E-state index contributed by atoms with van der Waals surface area (Å²) in [6, 6.07) is 8.38. The maximum absolute atomic E-state index is 12.2. The largest absolute Gasteiger partial charge is 0.321 e. The van der Waals surface area contributed by atoms with Crippen molar-refractivity contribution in [1.29, 1.82) is 0 Å². The summed E-state index contributed by atoms with van der Waals surface area (Å²) in [6.07, 6.45) is 3.12. The van der Waals surface area contributed by atoms with Gasteiger partial charge in [-0.15, -0.1) is 0 Å². The van der Waals surface area contributed by atoms with Gasteiger partial charge in [-0.3, -0.25) is 9.59 Å². The van der Waals surface area contributed by atoms with Crippen LogP contribution >= 0.6 is 0 Å². The highest BCUT2D eigenvalue weighted by Crippen LogP contribution is 2.13. The molecule has 3 heterocycles. The van der Waals surface area contributed by atoms with Crippen molar-refractivity contribution >= 4 is 11.6 Å². The fourth-order valence-corrected chi connectivity index (χ4v) is 2.34. The molecule has 1 amide bonds. The quantitative estimate of drug-likeness (QED) is 0.797. The van der Waals surface area contributed by atoms with Gasteiger partial charge in [-0.1, -0.05) is 0 Å². The predicted octanol–water partition coefficient (Wildman–Crippen LogP) is 1.84. The van der Waals surface area contributed by atoms with Crippen LogP contribution in [-0.2, 0) is 7.05 Å². The molecule has 0 unspecified atom stereocenters. The van der Waals surface area contributed by atoms with Crippen molar-refractivity contribution in [2.75, 3.05) is 5.32 Å². The number of pyridine rings is 2. The minimum atomic E-state index is -0.353. The Balaban J connectivity index is 1.78. The Hall–Kier alpha value is -3.22. The first kappa shape index (κ1) is 15.7. The third-order valence-corrected chi connectivity index (χ3v) is 3.60. The molecular weight excluding hydrogens is 306 g/mol. The van der Waals surface area contributed by atoms with Gasteiger partial charge in [-0.05, 0) is 38.1 Å². The van der Waals surface area contributed by atoms with Crippen LogP contribution in [0.15, 0.2) is 47.5 Å². The van der Waals surface area contributed by atoms with Gasteiger partial charge in [0.25, 0.3) is 11.5 Å². The normalized spacial score (nSPS) is 10.6. The van der Waals surface area contributed by atoms with Crippen LogP contribution in [0.5, 0.6) is 0 Å². The summed E-state index contributed by atoms with van der Waals surface area (Å²) in [7, 11) is 1.63. The third-order valence-electron chi connectivity index (χ3n) is 3.60. The topological polar surface area (TPSA) is 81.8 Å². The molecule has 3 aromatic heterocycles. The van der Waals surface area contributed by atoms with Gasteiger partial charge in [0, 0.05) is 30.6 Å². The molecule has 0 aliphatic heterocycles. The predicted molar refractivity (Wildman–Crippen MR) is 90.5 cm³/mol. The second-order valence-electron chi connectivity index (χ2n) is 5.56. The van der Waals surface area contributed by atoms with E-state index in [1.165, 1.54) is 10.6 Å². The lowest BCUT2D eigenvalue weighted by molar-refractivity contribution is 0.102. The standard InChI is InChI=1S/C17H17N5O2/c1-11-8-12(2)22(20-11)15-5-4-14(10-18-15)19-17(24)13-6-7-21(3)16(23)9-13/h4-10H,1-3H3,(H,19,24). The van der Waals surface area contributed by atoms with Crippen molar-refractivity contribution in [3.63, 3.8) is 0 Å². The number of rotatable bonds is 3. The molecule has 0 aliphatic carbocycles. The molecule has 122 valence electrons. The number of hydrogen-bond donors (Lipinski definition) is 1. The highest BCUT2D eigenvalue weighted by Gasteiger charge is 2.09. The third kappa shape index (κ3) is 3.10. The van der Waals surface area contributed by atoms with Gasteiger partial charge in [0.15, 0.2) is 5.82 Å². The maximum Gasteiger partial charge on any atom is 0.255 e. The van der Waals surface area contributed by atoms with Crippen molar-refractivity contribution < 1.29 is 4.79 Å². The number of anilines is 1. The van der Waals surface area contributed by atoms with Crippen LogP contribution in [-0.4, -0.2) is 25.2 Å². The monoisotopic (exact) mass is 323 g/mol. The van der Waals surface area contributed by atoms with E-state index in [4.69, 9.17) is 0 Å². The summed E-state index contributed by atoms with van der Waals surface area (Å²) in [5, 5.41) is 7.09. The summed E-state index contributed by atoms with van der Waals surface area (Å²) in [5.41, 5.74) is 2.52. The Morgan fingerprint density at radius 2 is 1.96 bits per heavy atom. The van der Waals surface area contributed by atoms with Crippen molar-refractivity contribution in [1.82, 2.24) is 19.3 Å². The number of carbonyl (C=O) groups is 1. The van der Waals surface area contributed by atoms with E-state index in [0.29, 0.717) is 17.1 Å². The highest BCUT2D eigenvalue weighted by atomic mass is 16.2.